The maximum Gasteiger partial charge on any atom is 0.305 e. The van der Waals surface area contributed by atoms with Gasteiger partial charge in [0.15, 0.2) is 0 Å². The van der Waals surface area contributed by atoms with Crippen LogP contribution in [0, 0.1) is 5.92 Å². The van der Waals surface area contributed by atoms with Gasteiger partial charge in [0.2, 0.25) is 0 Å². The van der Waals surface area contributed by atoms with Crippen LogP contribution in [0.25, 0.3) is 0 Å². The molecule has 15 heavy (non-hydrogen) atoms. The fourth-order valence-electron chi connectivity index (χ4n) is 2.41. The number of carboxylic acids is 1. The van der Waals surface area contributed by atoms with Crippen molar-refractivity contribution in [3.8, 4) is 0 Å². The average molecular weight is 214 g/mol. The summed E-state index contributed by atoms with van der Waals surface area (Å²) in [7, 11) is 0. The van der Waals surface area contributed by atoms with E-state index in [0.717, 1.165) is 12.8 Å². The molecular weight excluding hydrogens is 192 g/mol. The number of rotatable bonds is 5. The Kier molecular flexibility index (Phi) is 5.09. The van der Waals surface area contributed by atoms with Crippen molar-refractivity contribution in [2.24, 2.45) is 5.92 Å². The van der Waals surface area contributed by atoms with Crippen molar-refractivity contribution in [3.05, 3.63) is 0 Å². The second-order valence-corrected chi connectivity index (χ2v) is 4.54. The van der Waals surface area contributed by atoms with E-state index in [-0.39, 0.29) is 18.6 Å². The quantitative estimate of drug-likeness (QED) is 0.765. The Labute approximate surface area is 91.8 Å². The molecule has 0 heterocycles. The van der Waals surface area contributed by atoms with E-state index in [0.29, 0.717) is 5.92 Å². The summed E-state index contributed by atoms with van der Waals surface area (Å²) in [5, 5.41) is 8.66. The van der Waals surface area contributed by atoms with E-state index in [9.17, 15) is 4.79 Å². The first-order chi connectivity index (χ1) is 7.13. The molecule has 88 valence electrons. The fraction of sp³-hybridized carbons (Fsp3) is 0.917. The molecule has 1 saturated carbocycles. The molecule has 2 unspecified atom stereocenters. The lowest BCUT2D eigenvalue weighted by Crippen LogP contribution is -2.31. The third-order valence-electron chi connectivity index (χ3n) is 3.23. The lowest BCUT2D eigenvalue weighted by molar-refractivity contribution is -0.142. The van der Waals surface area contributed by atoms with E-state index < -0.39 is 5.97 Å². The van der Waals surface area contributed by atoms with Gasteiger partial charge in [-0.05, 0) is 25.7 Å². The molecule has 0 aromatic rings. The lowest BCUT2D eigenvalue weighted by atomic mass is 9.84. The Balaban J connectivity index is 2.37. The van der Waals surface area contributed by atoms with Crippen LogP contribution in [-0.4, -0.2) is 23.3 Å². The first-order valence-electron chi connectivity index (χ1n) is 6.00. The molecule has 1 fully saturated rings. The lowest BCUT2D eigenvalue weighted by Gasteiger charge is -2.32. The Hall–Kier alpha value is -0.570. The molecule has 3 atom stereocenters. The van der Waals surface area contributed by atoms with Crippen molar-refractivity contribution < 1.29 is 14.6 Å². The Morgan fingerprint density at radius 1 is 1.47 bits per heavy atom. The molecule has 1 aliphatic rings. The number of ether oxygens (including phenoxy) is 1. The van der Waals surface area contributed by atoms with E-state index in [1.807, 2.05) is 6.92 Å². The van der Waals surface area contributed by atoms with Gasteiger partial charge in [0, 0.05) is 0 Å². The molecule has 0 amide bonds. The molecule has 1 rings (SSSR count). The standard InChI is InChI=1S/C12H22O3/c1-3-10-6-4-5-7-11(10)15-9(2)8-12(13)14/h9-11H,3-8H2,1-2H3,(H,13,14)/t9-,10?,11?/m1/s1. The molecule has 1 aliphatic carbocycles. The highest BCUT2D eigenvalue weighted by molar-refractivity contribution is 5.67. The zero-order valence-corrected chi connectivity index (χ0v) is 9.74. The summed E-state index contributed by atoms with van der Waals surface area (Å²) in [6.45, 7) is 4.05. The predicted molar refractivity (Wildman–Crippen MR) is 58.8 cm³/mol. The number of hydrogen-bond donors (Lipinski definition) is 1. The minimum absolute atomic E-state index is 0.118. The largest absolute Gasteiger partial charge is 0.481 e. The van der Waals surface area contributed by atoms with Crippen LogP contribution in [0.1, 0.15) is 52.4 Å². The molecule has 3 nitrogen and oxygen atoms in total. The van der Waals surface area contributed by atoms with Gasteiger partial charge in [-0.3, -0.25) is 4.79 Å². The Morgan fingerprint density at radius 3 is 2.73 bits per heavy atom. The predicted octanol–water partition coefficient (Wildman–Crippen LogP) is 2.84. The Bertz CT molecular complexity index is 203. The van der Waals surface area contributed by atoms with Crippen LogP contribution in [0.2, 0.25) is 0 Å². The zero-order valence-electron chi connectivity index (χ0n) is 9.74. The van der Waals surface area contributed by atoms with Crippen LogP contribution >= 0.6 is 0 Å². The van der Waals surface area contributed by atoms with Crippen LogP contribution < -0.4 is 0 Å². The maximum atomic E-state index is 10.5. The summed E-state index contributed by atoms with van der Waals surface area (Å²) in [5.41, 5.74) is 0. The molecule has 0 spiro atoms. The minimum Gasteiger partial charge on any atom is -0.481 e. The molecular formula is C12H22O3. The molecule has 0 bridgehead atoms. The molecule has 0 aliphatic heterocycles. The van der Waals surface area contributed by atoms with Crippen LogP contribution in [0.4, 0.5) is 0 Å². The fourth-order valence-corrected chi connectivity index (χ4v) is 2.41. The van der Waals surface area contributed by atoms with Crippen LogP contribution in [-0.2, 0) is 9.53 Å². The molecule has 0 aromatic carbocycles. The van der Waals surface area contributed by atoms with Crippen LogP contribution in [0.15, 0.2) is 0 Å². The molecule has 0 saturated heterocycles. The normalized spacial score (nSPS) is 28.7. The van der Waals surface area contributed by atoms with Gasteiger partial charge in [0.25, 0.3) is 0 Å². The number of carboxylic acid groups (broad SMARTS) is 1. The van der Waals surface area contributed by atoms with E-state index in [1.54, 1.807) is 0 Å². The van der Waals surface area contributed by atoms with Gasteiger partial charge < -0.3 is 9.84 Å². The van der Waals surface area contributed by atoms with Gasteiger partial charge in [0.1, 0.15) is 0 Å². The van der Waals surface area contributed by atoms with Gasteiger partial charge in [0.05, 0.1) is 18.6 Å². The third-order valence-corrected chi connectivity index (χ3v) is 3.23. The summed E-state index contributed by atoms with van der Waals surface area (Å²) in [5.74, 6) is -0.138. The van der Waals surface area contributed by atoms with Crippen molar-refractivity contribution in [1.82, 2.24) is 0 Å². The van der Waals surface area contributed by atoms with Gasteiger partial charge in [-0.2, -0.15) is 0 Å². The summed E-state index contributed by atoms with van der Waals surface area (Å²) in [6, 6.07) is 0. The number of hydrogen-bond acceptors (Lipinski definition) is 2. The summed E-state index contributed by atoms with van der Waals surface area (Å²) in [4.78, 5) is 10.5. The van der Waals surface area contributed by atoms with Gasteiger partial charge in [-0.15, -0.1) is 0 Å². The maximum absolute atomic E-state index is 10.5. The van der Waals surface area contributed by atoms with Gasteiger partial charge in [-0.1, -0.05) is 26.2 Å². The second kappa shape index (κ2) is 6.11. The minimum atomic E-state index is -0.772. The SMILES string of the molecule is CCC1CCCCC1O[C@H](C)CC(=O)O. The van der Waals surface area contributed by atoms with E-state index in [1.165, 1.54) is 19.3 Å². The van der Waals surface area contributed by atoms with Gasteiger partial charge in [-0.25, -0.2) is 0 Å². The van der Waals surface area contributed by atoms with Crippen molar-refractivity contribution >= 4 is 5.97 Å². The van der Waals surface area contributed by atoms with E-state index in [2.05, 4.69) is 6.92 Å². The first-order valence-corrected chi connectivity index (χ1v) is 6.00. The highest BCUT2D eigenvalue weighted by Gasteiger charge is 2.26. The molecule has 1 N–H and O–H groups in total. The molecule has 0 radical (unpaired) electrons. The first kappa shape index (κ1) is 12.5. The Morgan fingerprint density at radius 2 is 2.13 bits per heavy atom. The third kappa shape index (κ3) is 4.20. The summed E-state index contributed by atoms with van der Waals surface area (Å²) >= 11 is 0. The van der Waals surface area contributed by atoms with Crippen LogP contribution in [0.5, 0.6) is 0 Å². The van der Waals surface area contributed by atoms with Crippen molar-refractivity contribution in [2.45, 2.75) is 64.6 Å². The van der Waals surface area contributed by atoms with Crippen molar-refractivity contribution in [2.75, 3.05) is 0 Å². The topological polar surface area (TPSA) is 46.5 Å². The number of aliphatic carboxylic acids is 1. The monoisotopic (exact) mass is 214 g/mol. The average Bonchev–Trinajstić information content (AvgIpc) is 2.17. The van der Waals surface area contributed by atoms with Crippen molar-refractivity contribution in [1.29, 1.82) is 0 Å². The summed E-state index contributed by atoms with van der Waals surface area (Å²) in [6.07, 6.45) is 6.26. The highest BCUT2D eigenvalue weighted by atomic mass is 16.5. The van der Waals surface area contributed by atoms with E-state index >= 15 is 0 Å². The van der Waals surface area contributed by atoms with E-state index in [4.69, 9.17) is 9.84 Å². The molecule has 0 aromatic heterocycles. The second-order valence-electron chi connectivity index (χ2n) is 4.54. The summed E-state index contributed by atoms with van der Waals surface area (Å²) < 4.78 is 5.82. The smallest absolute Gasteiger partial charge is 0.305 e. The van der Waals surface area contributed by atoms with Crippen molar-refractivity contribution in [3.63, 3.8) is 0 Å². The highest BCUT2D eigenvalue weighted by Crippen LogP contribution is 2.30. The van der Waals surface area contributed by atoms with Crippen LogP contribution in [0.3, 0.4) is 0 Å². The zero-order chi connectivity index (χ0) is 11.3. The van der Waals surface area contributed by atoms with Gasteiger partial charge >= 0.3 is 5.97 Å². The molecule has 3 heteroatoms. The number of carbonyl (C=O) groups is 1.